The molecule has 0 fully saturated rings. The van der Waals surface area contributed by atoms with Crippen LogP contribution in [0.3, 0.4) is 0 Å². The smallest absolute Gasteiger partial charge is 0.387 e. The largest absolute Gasteiger partial charge is 0.434 e. The van der Waals surface area contributed by atoms with Crippen molar-refractivity contribution >= 4 is 11.9 Å². The number of alkyl halides is 2. The van der Waals surface area contributed by atoms with Crippen LogP contribution in [0.2, 0.25) is 0 Å². The fraction of sp³-hybridized carbons (Fsp3) is 0.556. The van der Waals surface area contributed by atoms with Crippen molar-refractivity contribution in [3.05, 3.63) is 29.3 Å². The van der Waals surface area contributed by atoms with E-state index in [9.17, 15) is 13.6 Å². The molecule has 0 aliphatic rings. The maximum Gasteiger partial charge on any atom is 0.387 e. The standard InChI is InChI=1S/C18H28F2N4O2/c1-6-22-15(25)18(3,4)11-24-17(21-5)23-10-13-9-12(2)7-8-14(13)26-16(19)20/h7-9,16H,6,10-11H2,1-5H3,(H,22,25)(H2,21,23,24). The molecule has 3 N–H and O–H groups in total. The Hall–Kier alpha value is -2.38. The van der Waals surface area contributed by atoms with Gasteiger partial charge in [0.1, 0.15) is 5.75 Å². The van der Waals surface area contributed by atoms with Gasteiger partial charge >= 0.3 is 6.61 Å². The number of guanidine groups is 1. The number of hydrogen-bond acceptors (Lipinski definition) is 3. The Morgan fingerprint density at radius 2 is 1.96 bits per heavy atom. The molecular weight excluding hydrogens is 342 g/mol. The van der Waals surface area contributed by atoms with E-state index in [1.807, 2.05) is 27.7 Å². The summed E-state index contributed by atoms with van der Waals surface area (Å²) in [5, 5.41) is 8.93. The lowest BCUT2D eigenvalue weighted by molar-refractivity contribution is -0.128. The minimum absolute atomic E-state index is 0.0609. The molecule has 0 aliphatic heterocycles. The van der Waals surface area contributed by atoms with Gasteiger partial charge < -0.3 is 20.7 Å². The summed E-state index contributed by atoms with van der Waals surface area (Å²) in [6, 6.07) is 5.01. The molecule has 0 bridgehead atoms. The first-order valence-electron chi connectivity index (χ1n) is 8.46. The van der Waals surface area contributed by atoms with Crippen molar-refractivity contribution in [2.75, 3.05) is 20.1 Å². The molecule has 0 aliphatic carbocycles. The lowest BCUT2D eigenvalue weighted by Gasteiger charge is -2.25. The van der Waals surface area contributed by atoms with Crippen LogP contribution >= 0.6 is 0 Å². The van der Waals surface area contributed by atoms with Gasteiger partial charge in [0.25, 0.3) is 0 Å². The molecule has 1 aromatic carbocycles. The van der Waals surface area contributed by atoms with Crippen LogP contribution in [-0.4, -0.2) is 38.6 Å². The maximum atomic E-state index is 12.5. The maximum absolute atomic E-state index is 12.5. The van der Waals surface area contributed by atoms with Crippen molar-refractivity contribution in [1.82, 2.24) is 16.0 Å². The Morgan fingerprint density at radius 3 is 2.54 bits per heavy atom. The quantitative estimate of drug-likeness (QED) is 0.485. The normalized spacial score (nSPS) is 12.1. The van der Waals surface area contributed by atoms with E-state index in [-0.39, 0.29) is 18.2 Å². The predicted octanol–water partition coefficient (Wildman–Crippen LogP) is 2.42. The monoisotopic (exact) mass is 370 g/mol. The van der Waals surface area contributed by atoms with E-state index in [0.717, 1.165) is 5.56 Å². The molecule has 1 rings (SSSR count). The summed E-state index contributed by atoms with van der Waals surface area (Å²) >= 11 is 0. The number of carbonyl (C=O) groups excluding carboxylic acids is 1. The van der Waals surface area contributed by atoms with Crippen molar-refractivity contribution in [1.29, 1.82) is 0 Å². The SMILES string of the molecule is CCNC(=O)C(C)(C)CNC(=NC)NCc1cc(C)ccc1OC(F)F. The van der Waals surface area contributed by atoms with Crippen LogP contribution in [0.25, 0.3) is 0 Å². The summed E-state index contributed by atoms with van der Waals surface area (Å²) in [4.78, 5) is 16.1. The molecule has 0 saturated heterocycles. The molecule has 0 atom stereocenters. The molecule has 1 aromatic rings. The number of aliphatic imine (C=N–C) groups is 1. The zero-order chi connectivity index (χ0) is 19.7. The van der Waals surface area contributed by atoms with Gasteiger partial charge in [0.15, 0.2) is 5.96 Å². The molecule has 0 saturated carbocycles. The highest BCUT2D eigenvalue weighted by Gasteiger charge is 2.27. The van der Waals surface area contributed by atoms with E-state index in [2.05, 4.69) is 25.7 Å². The molecule has 8 heteroatoms. The number of hydrogen-bond donors (Lipinski definition) is 3. The Morgan fingerprint density at radius 1 is 1.27 bits per heavy atom. The minimum atomic E-state index is -2.88. The van der Waals surface area contributed by atoms with E-state index in [0.29, 0.717) is 24.6 Å². The molecule has 0 unspecified atom stereocenters. The molecule has 0 heterocycles. The van der Waals surface area contributed by atoms with Gasteiger partial charge in [-0.1, -0.05) is 17.7 Å². The van der Waals surface area contributed by atoms with Gasteiger partial charge in [-0.3, -0.25) is 9.79 Å². The van der Waals surface area contributed by atoms with Crippen molar-refractivity contribution in [3.8, 4) is 5.75 Å². The first-order chi connectivity index (χ1) is 12.2. The molecule has 26 heavy (non-hydrogen) atoms. The zero-order valence-corrected chi connectivity index (χ0v) is 16.0. The molecule has 146 valence electrons. The predicted molar refractivity (Wildman–Crippen MR) is 98.5 cm³/mol. The number of benzene rings is 1. The van der Waals surface area contributed by atoms with Gasteiger partial charge in [-0.2, -0.15) is 8.78 Å². The summed E-state index contributed by atoms with van der Waals surface area (Å²) in [6.07, 6.45) is 0. The summed E-state index contributed by atoms with van der Waals surface area (Å²) in [6.45, 7) is 5.70. The average molecular weight is 370 g/mol. The van der Waals surface area contributed by atoms with E-state index in [1.165, 1.54) is 6.07 Å². The van der Waals surface area contributed by atoms with Crippen LogP contribution < -0.4 is 20.7 Å². The van der Waals surface area contributed by atoms with Crippen LogP contribution in [-0.2, 0) is 11.3 Å². The Kier molecular flexibility index (Phi) is 8.28. The van der Waals surface area contributed by atoms with Crippen LogP contribution in [0, 0.1) is 12.3 Å². The van der Waals surface area contributed by atoms with Crippen molar-refractivity contribution in [2.24, 2.45) is 10.4 Å². The van der Waals surface area contributed by atoms with Crippen LogP contribution in [0.4, 0.5) is 8.78 Å². The Bertz CT molecular complexity index is 634. The first kappa shape index (κ1) is 21.7. The summed E-state index contributed by atoms with van der Waals surface area (Å²) in [5.41, 5.74) is 0.904. The van der Waals surface area contributed by atoms with Crippen LogP contribution in [0.15, 0.2) is 23.2 Å². The van der Waals surface area contributed by atoms with Gasteiger partial charge in [0.05, 0.1) is 5.41 Å². The Labute approximate surface area is 153 Å². The van der Waals surface area contributed by atoms with Gasteiger partial charge in [-0.25, -0.2) is 0 Å². The highest BCUT2D eigenvalue weighted by Crippen LogP contribution is 2.22. The summed E-state index contributed by atoms with van der Waals surface area (Å²) in [5.74, 6) is 0.525. The highest BCUT2D eigenvalue weighted by molar-refractivity contribution is 5.84. The third kappa shape index (κ3) is 6.85. The van der Waals surface area contributed by atoms with E-state index in [4.69, 9.17) is 0 Å². The molecule has 6 nitrogen and oxygen atoms in total. The van der Waals surface area contributed by atoms with Gasteiger partial charge in [-0.15, -0.1) is 0 Å². The lowest BCUT2D eigenvalue weighted by Crippen LogP contribution is -2.47. The Balaban J connectivity index is 2.70. The number of nitrogens with zero attached hydrogens (tertiary/aromatic N) is 1. The first-order valence-corrected chi connectivity index (χ1v) is 8.46. The number of amides is 1. The third-order valence-electron chi connectivity index (χ3n) is 3.75. The van der Waals surface area contributed by atoms with Gasteiger partial charge in [0.2, 0.25) is 5.91 Å². The molecule has 1 amide bonds. The average Bonchev–Trinajstić information content (AvgIpc) is 2.57. The number of halogens is 2. The number of rotatable bonds is 8. The van der Waals surface area contributed by atoms with Gasteiger partial charge in [0, 0.05) is 32.2 Å². The van der Waals surface area contributed by atoms with Gasteiger partial charge in [-0.05, 0) is 33.8 Å². The summed E-state index contributed by atoms with van der Waals surface area (Å²) < 4.78 is 29.6. The second-order valence-corrected chi connectivity index (χ2v) is 6.51. The van der Waals surface area contributed by atoms with Crippen LogP contribution in [0.1, 0.15) is 31.9 Å². The summed E-state index contributed by atoms with van der Waals surface area (Å²) in [7, 11) is 1.60. The third-order valence-corrected chi connectivity index (χ3v) is 3.75. The number of aryl methyl sites for hydroxylation is 1. The minimum Gasteiger partial charge on any atom is -0.434 e. The number of nitrogens with one attached hydrogen (secondary N) is 3. The molecule has 0 radical (unpaired) electrons. The highest BCUT2D eigenvalue weighted by atomic mass is 19.3. The van der Waals surface area contributed by atoms with E-state index >= 15 is 0 Å². The van der Waals surface area contributed by atoms with E-state index < -0.39 is 12.0 Å². The molecule has 0 aromatic heterocycles. The van der Waals surface area contributed by atoms with E-state index in [1.54, 1.807) is 19.2 Å². The topological polar surface area (TPSA) is 74.8 Å². The van der Waals surface area contributed by atoms with Crippen molar-refractivity contribution in [2.45, 2.75) is 40.9 Å². The fourth-order valence-corrected chi connectivity index (χ4v) is 2.24. The molecule has 0 spiro atoms. The second-order valence-electron chi connectivity index (χ2n) is 6.51. The zero-order valence-electron chi connectivity index (χ0n) is 16.0. The van der Waals surface area contributed by atoms with Crippen molar-refractivity contribution in [3.63, 3.8) is 0 Å². The van der Waals surface area contributed by atoms with Crippen molar-refractivity contribution < 1.29 is 18.3 Å². The fourth-order valence-electron chi connectivity index (χ4n) is 2.24. The molecular formula is C18H28F2N4O2. The lowest BCUT2D eigenvalue weighted by atomic mass is 9.92. The second kappa shape index (κ2) is 9.94. The number of carbonyl (C=O) groups is 1. The van der Waals surface area contributed by atoms with Crippen LogP contribution in [0.5, 0.6) is 5.75 Å². The number of ether oxygens (including phenoxy) is 1.